The number of primary amides is 1. The van der Waals surface area contributed by atoms with Crippen molar-refractivity contribution in [3.8, 4) is 10.4 Å². The van der Waals surface area contributed by atoms with Gasteiger partial charge in [-0.05, 0) is 43.4 Å². The van der Waals surface area contributed by atoms with Crippen LogP contribution in [0.25, 0.3) is 10.4 Å². The highest BCUT2D eigenvalue weighted by Gasteiger charge is 2.56. The first kappa shape index (κ1) is 15.8. The van der Waals surface area contributed by atoms with Crippen molar-refractivity contribution < 1.29 is 9.59 Å². The Kier molecular flexibility index (Phi) is 3.73. The monoisotopic (exact) mass is 405 g/mol. The maximum atomic E-state index is 13.1. The third kappa shape index (κ3) is 2.56. The standard InChI is InChI=1S/C17H16BrN3O2S/c1-8-20-14(15(24-8)9-2-4-11(18)5-3-9)17(23)21-12-6-10(12)7-13(21)16(19)22/h2-5,10,12-13H,6-7H2,1H3,(H2,19,22)/t10-,12+,13+/m1/s1. The van der Waals surface area contributed by atoms with Gasteiger partial charge in [-0.15, -0.1) is 11.3 Å². The smallest absolute Gasteiger partial charge is 0.274 e. The van der Waals surface area contributed by atoms with Crippen LogP contribution in [-0.2, 0) is 4.79 Å². The number of piperidine rings is 1. The Hall–Kier alpha value is -1.73. The number of halogens is 1. The van der Waals surface area contributed by atoms with Crippen LogP contribution in [0.3, 0.4) is 0 Å². The zero-order chi connectivity index (χ0) is 17.0. The van der Waals surface area contributed by atoms with E-state index in [1.54, 1.807) is 4.90 Å². The van der Waals surface area contributed by atoms with Crippen LogP contribution >= 0.6 is 27.3 Å². The maximum absolute atomic E-state index is 13.1. The molecule has 1 aromatic carbocycles. The van der Waals surface area contributed by atoms with Crippen LogP contribution in [0.15, 0.2) is 28.7 Å². The van der Waals surface area contributed by atoms with E-state index < -0.39 is 11.9 Å². The summed E-state index contributed by atoms with van der Waals surface area (Å²) in [5, 5.41) is 0.832. The van der Waals surface area contributed by atoms with Gasteiger partial charge >= 0.3 is 0 Å². The number of likely N-dealkylation sites (tertiary alicyclic amines) is 1. The third-order valence-corrected chi connectivity index (χ3v) is 6.26. The molecule has 1 aromatic heterocycles. The average molecular weight is 406 g/mol. The lowest BCUT2D eigenvalue weighted by Gasteiger charge is -2.24. The fraction of sp³-hybridized carbons (Fsp3) is 0.353. The molecular weight excluding hydrogens is 390 g/mol. The van der Waals surface area contributed by atoms with Gasteiger partial charge in [0, 0.05) is 10.5 Å². The summed E-state index contributed by atoms with van der Waals surface area (Å²) in [4.78, 5) is 31.8. The van der Waals surface area contributed by atoms with Crippen molar-refractivity contribution in [3.05, 3.63) is 39.4 Å². The molecule has 2 heterocycles. The SMILES string of the molecule is Cc1nc(C(=O)N2[C@H](C(N)=O)C[C@H]3C[C@@H]32)c(-c2ccc(Br)cc2)s1. The number of fused-ring (bicyclic) bond motifs is 1. The summed E-state index contributed by atoms with van der Waals surface area (Å²) in [7, 11) is 0. The summed E-state index contributed by atoms with van der Waals surface area (Å²) >= 11 is 4.92. The fourth-order valence-electron chi connectivity index (χ4n) is 3.49. The van der Waals surface area contributed by atoms with Gasteiger partial charge in [0.15, 0.2) is 0 Å². The lowest BCUT2D eigenvalue weighted by molar-refractivity contribution is -0.122. The first-order chi connectivity index (χ1) is 11.5. The number of aryl methyl sites for hydroxylation is 1. The van der Waals surface area contributed by atoms with Gasteiger partial charge in [0.05, 0.1) is 9.88 Å². The van der Waals surface area contributed by atoms with Crippen molar-refractivity contribution in [1.82, 2.24) is 9.88 Å². The van der Waals surface area contributed by atoms with Gasteiger partial charge in [-0.25, -0.2) is 4.98 Å². The summed E-state index contributed by atoms with van der Waals surface area (Å²) in [6, 6.07) is 7.46. The number of hydrogen-bond donors (Lipinski definition) is 1. The zero-order valence-electron chi connectivity index (χ0n) is 13.0. The molecule has 3 atom stereocenters. The second-order valence-corrected chi connectivity index (χ2v) is 8.47. The van der Waals surface area contributed by atoms with Crippen molar-refractivity contribution in [2.75, 3.05) is 0 Å². The van der Waals surface area contributed by atoms with Crippen LogP contribution in [0.5, 0.6) is 0 Å². The second-order valence-electron chi connectivity index (χ2n) is 6.35. The van der Waals surface area contributed by atoms with Crippen LogP contribution in [0.4, 0.5) is 0 Å². The molecule has 1 saturated carbocycles. The summed E-state index contributed by atoms with van der Waals surface area (Å²) < 4.78 is 0.981. The fourth-order valence-corrected chi connectivity index (χ4v) is 4.67. The van der Waals surface area contributed by atoms with Gasteiger partial charge < -0.3 is 10.6 Å². The van der Waals surface area contributed by atoms with E-state index >= 15 is 0 Å². The summed E-state index contributed by atoms with van der Waals surface area (Å²) in [5.74, 6) is -0.180. The number of nitrogens with two attached hydrogens (primary N) is 1. The van der Waals surface area contributed by atoms with Crippen molar-refractivity contribution in [1.29, 1.82) is 0 Å². The molecule has 2 amide bonds. The Bertz CT molecular complexity index is 833. The van der Waals surface area contributed by atoms with Crippen molar-refractivity contribution in [2.45, 2.75) is 31.8 Å². The Morgan fingerprint density at radius 1 is 1.29 bits per heavy atom. The first-order valence-corrected chi connectivity index (χ1v) is 9.42. The van der Waals surface area contributed by atoms with Crippen LogP contribution in [0.1, 0.15) is 28.3 Å². The van der Waals surface area contributed by atoms with Gasteiger partial charge in [0.2, 0.25) is 5.91 Å². The minimum absolute atomic E-state index is 0.148. The topological polar surface area (TPSA) is 76.3 Å². The minimum Gasteiger partial charge on any atom is -0.368 e. The quantitative estimate of drug-likeness (QED) is 0.852. The molecule has 4 rings (SSSR count). The number of benzene rings is 1. The van der Waals surface area contributed by atoms with Crippen LogP contribution in [-0.4, -0.2) is 33.8 Å². The first-order valence-electron chi connectivity index (χ1n) is 7.81. The molecule has 1 saturated heterocycles. The van der Waals surface area contributed by atoms with Crippen molar-refractivity contribution in [3.63, 3.8) is 0 Å². The maximum Gasteiger partial charge on any atom is 0.274 e. The van der Waals surface area contributed by atoms with E-state index in [-0.39, 0.29) is 11.9 Å². The molecule has 5 nitrogen and oxygen atoms in total. The Morgan fingerprint density at radius 2 is 2.00 bits per heavy atom. The lowest BCUT2D eigenvalue weighted by Crippen LogP contribution is -2.46. The van der Waals surface area contributed by atoms with Crippen LogP contribution in [0, 0.1) is 12.8 Å². The number of carbonyl (C=O) groups is 2. The van der Waals surface area contributed by atoms with Gasteiger partial charge in [-0.1, -0.05) is 28.1 Å². The third-order valence-electron chi connectivity index (χ3n) is 4.71. The Labute approximate surface area is 152 Å². The molecule has 2 fully saturated rings. The predicted molar refractivity (Wildman–Crippen MR) is 95.7 cm³/mol. The van der Waals surface area contributed by atoms with Gasteiger partial charge in [0.1, 0.15) is 11.7 Å². The molecule has 24 heavy (non-hydrogen) atoms. The number of amides is 2. The molecule has 0 bridgehead atoms. The number of rotatable bonds is 3. The molecule has 0 unspecified atom stereocenters. The average Bonchev–Trinajstić information content (AvgIpc) is 3.03. The van der Waals surface area contributed by atoms with Gasteiger partial charge in [-0.2, -0.15) is 0 Å². The highest BCUT2D eigenvalue weighted by atomic mass is 79.9. The Balaban J connectivity index is 1.73. The number of thiazole rings is 1. The highest BCUT2D eigenvalue weighted by molar-refractivity contribution is 9.10. The summed E-state index contributed by atoms with van der Waals surface area (Å²) in [6.45, 7) is 1.89. The van der Waals surface area contributed by atoms with E-state index in [1.165, 1.54) is 11.3 Å². The molecule has 0 spiro atoms. The molecular formula is C17H16BrN3O2S. The van der Waals surface area contributed by atoms with Gasteiger partial charge in [0.25, 0.3) is 5.91 Å². The van der Waals surface area contributed by atoms with E-state index in [1.807, 2.05) is 31.2 Å². The van der Waals surface area contributed by atoms with Crippen LogP contribution < -0.4 is 5.73 Å². The zero-order valence-corrected chi connectivity index (χ0v) is 15.4. The number of carbonyl (C=O) groups excluding carboxylic acids is 2. The number of aromatic nitrogens is 1. The molecule has 1 aliphatic heterocycles. The van der Waals surface area contributed by atoms with Crippen LogP contribution in [0.2, 0.25) is 0 Å². The molecule has 2 N–H and O–H groups in total. The predicted octanol–water partition coefficient (Wildman–Crippen LogP) is 2.97. The highest BCUT2D eigenvalue weighted by Crippen LogP contribution is 2.48. The molecule has 2 aliphatic rings. The van der Waals surface area contributed by atoms with E-state index in [2.05, 4.69) is 20.9 Å². The molecule has 124 valence electrons. The van der Waals surface area contributed by atoms with E-state index in [0.29, 0.717) is 18.0 Å². The minimum atomic E-state index is -0.499. The summed E-state index contributed by atoms with van der Waals surface area (Å²) in [6.07, 6.45) is 1.65. The van der Waals surface area contributed by atoms with E-state index in [0.717, 1.165) is 26.3 Å². The number of hydrogen-bond acceptors (Lipinski definition) is 4. The normalized spacial score (nSPS) is 24.8. The molecule has 0 radical (unpaired) electrons. The molecule has 7 heteroatoms. The lowest BCUT2D eigenvalue weighted by atomic mass is 10.1. The van der Waals surface area contributed by atoms with Crippen molar-refractivity contribution >= 4 is 39.1 Å². The van der Waals surface area contributed by atoms with Gasteiger partial charge in [-0.3, -0.25) is 9.59 Å². The Morgan fingerprint density at radius 3 is 2.67 bits per heavy atom. The second kappa shape index (κ2) is 5.67. The number of nitrogens with zero attached hydrogens (tertiary/aromatic N) is 2. The van der Waals surface area contributed by atoms with E-state index in [4.69, 9.17) is 5.73 Å². The summed E-state index contributed by atoms with van der Waals surface area (Å²) in [5.41, 5.74) is 6.88. The van der Waals surface area contributed by atoms with Crippen molar-refractivity contribution in [2.24, 2.45) is 11.7 Å². The molecule has 2 aromatic rings. The van der Waals surface area contributed by atoms with E-state index in [9.17, 15) is 9.59 Å². The molecule has 1 aliphatic carbocycles. The largest absolute Gasteiger partial charge is 0.368 e.